The van der Waals surface area contributed by atoms with Crippen LogP contribution in [0, 0.1) is 0 Å². The van der Waals surface area contributed by atoms with E-state index in [9.17, 15) is 13.2 Å². The second-order valence-electron chi connectivity index (χ2n) is 4.00. The zero-order chi connectivity index (χ0) is 14.2. The molecule has 1 atom stereocenters. The van der Waals surface area contributed by atoms with E-state index in [1.165, 1.54) is 11.2 Å². The number of carbonyl (C=O) groups excluding carboxylic acids is 1. The first-order chi connectivity index (χ1) is 8.38. The lowest BCUT2D eigenvalue weighted by molar-refractivity contribution is -0.144. The molecular formula is C11H24N2O4S. The van der Waals surface area contributed by atoms with Crippen molar-refractivity contribution in [3.05, 3.63) is 0 Å². The van der Waals surface area contributed by atoms with Crippen molar-refractivity contribution >= 4 is 16.2 Å². The highest BCUT2D eigenvalue weighted by Gasteiger charge is 2.26. The van der Waals surface area contributed by atoms with E-state index in [4.69, 9.17) is 4.74 Å². The number of esters is 1. The largest absolute Gasteiger partial charge is 0.465 e. The molecule has 0 aromatic rings. The molecule has 1 N–H and O–H groups in total. The van der Waals surface area contributed by atoms with Gasteiger partial charge in [0.25, 0.3) is 10.2 Å². The van der Waals surface area contributed by atoms with Crippen LogP contribution in [-0.2, 0) is 19.7 Å². The first kappa shape index (κ1) is 17.3. The van der Waals surface area contributed by atoms with E-state index in [-0.39, 0.29) is 6.61 Å². The van der Waals surface area contributed by atoms with Gasteiger partial charge in [-0.05, 0) is 26.7 Å². The van der Waals surface area contributed by atoms with Crippen LogP contribution in [0.3, 0.4) is 0 Å². The normalized spacial score (nSPS) is 13.6. The molecule has 0 aliphatic heterocycles. The van der Waals surface area contributed by atoms with Gasteiger partial charge >= 0.3 is 5.97 Å². The summed E-state index contributed by atoms with van der Waals surface area (Å²) in [7, 11) is -3.63. The van der Waals surface area contributed by atoms with Gasteiger partial charge in [-0.1, -0.05) is 13.8 Å². The van der Waals surface area contributed by atoms with Crippen molar-refractivity contribution in [2.24, 2.45) is 0 Å². The van der Waals surface area contributed by atoms with Crippen LogP contribution in [-0.4, -0.2) is 44.4 Å². The Bertz CT molecular complexity index is 337. The van der Waals surface area contributed by atoms with E-state index in [1.807, 2.05) is 13.8 Å². The van der Waals surface area contributed by atoms with Crippen LogP contribution in [0.5, 0.6) is 0 Å². The minimum atomic E-state index is -3.63. The summed E-state index contributed by atoms with van der Waals surface area (Å²) in [5.41, 5.74) is 0. The quantitative estimate of drug-likeness (QED) is 0.637. The molecule has 108 valence electrons. The Kier molecular flexibility index (Phi) is 8.13. The predicted molar refractivity (Wildman–Crippen MR) is 70.3 cm³/mol. The Morgan fingerprint density at radius 1 is 1.22 bits per heavy atom. The number of hydrogen-bond acceptors (Lipinski definition) is 4. The summed E-state index contributed by atoms with van der Waals surface area (Å²) in [5, 5.41) is 0. The minimum Gasteiger partial charge on any atom is -0.465 e. The molecule has 0 aromatic heterocycles. The predicted octanol–water partition coefficient (Wildman–Crippen LogP) is 0.894. The minimum absolute atomic E-state index is 0.235. The summed E-state index contributed by atoms with van der Waals surface area (Å²) in [5.74, 6) is -0.561. The zero-order valence-corrected chi connectivity index (χ0v) is 12.4. The van der Waals surface area contributed by atoms with Gasteiger partial charge in [0, 0.05) is 13.1 Å². The Balaban J connectivity index is 4.64. The Labute approximate surface area is 110 Å². The van der Waals surface area contributed by atoms with Crippen molar-refractivity contribution in [3.63, 3.8) is 0 Å². The molecule has 0 aromatic carbocycles. The van der Waals surface area contributed by atoms with Crippen LogP contribution < -0.4 is 4.72 Å². The van der Waals surface area contributed by atoms with Gasteiger partial charge in [0.1, 0.15) is 6.04 Å². The van der Waals surface area contributed by atoms with E-state index in [1.54, 1.807) is 6.92 Å². The van der Waals surface area contributed by atoms with Gasteiger partial charge in [0.2, 0.25) is 0 Å². The van der Waals surface area contributed by atoms with Gasteiger partial charge in [-0.25, -0.2) is 0 Å². The molecule has 0 bridgehead atoms. The number of rotatable bonds is 9. The third kappa shape index (κ3) is 5.79. The van der Waals surface area contributed by atoms with Crippen molar-refractivity contribution in [3.8, 4) is 0 Å². The second kappa shape index (κ2) is 8.44. The maximum Gasteiger partial charge on any atom is 0.323 e. The summed E-state index contributed by atoms with van der Waals surface area (Å²) in [6, 6.07) is -0.869. The average molecular weight is 280 g/mol. The molecule has 0 saturated carbocycles. The number of nitrogens with one attached hydrogen (secondary N) is 1. The highest BCUT2D eigenvalue weighted by molar-refractivity contribution is 7.87. The first-order valence-corrected chi connectivity index (χ1v) is 7.77. The molecule has 0 radical (unpaired) electrons. The fourth-order valence-corrected chi connectivity index (χ4v) is 3.00. The van der Waals surface area contributed by atoms with Crippen LogP contribution >= 0.6 is 0 Å². The second-order valence-corrected chi connectivity index (χ2v) is 5.70. The third-order valence-corrected chi connectivity index (χ3v) is 3.95. The molecule has 7 heteroatoms. The number of carbonyl (C=O) groups is 1. The first-order valence-electron chi connectivity index (χ1n) is 6.33. The molecule has 0 rings (SSSR count). The standard InChI is InChI=1S/C11H24N2O4S/c1-5-8-13(9-6-2)18(15,16)12-10(4)11(14)17-7-3/h10,12H,5-9H2,1-4H3. The Hall–Kier alpha value is -0.660. The molecule has 6 nitrogen and oxygen atoms in total. The average Bonchev–Trinajstić information content (AvgIpc) is 2.28. The smallest absolute Gasteiger partial charge is 0.323 e. The Morgan fingerprint density at radius 3 is 2.11 bits per heavy atom. The number of nitrogens with zero attached hydrogens (tertiary/aromatic N) is 1. The highest BCUT2D eigenvalue weighted by Crippen LogP contribution is 2.03. The van der Waals surface area contributed by atoms with Gasteiger partial charge < -0.3 is 4.74 Å². The SMILES string of the molecule is CCCN(CCC)S(=O)(=O)NC(C)C(=O)OCC. The molecule has 1 unspecified atom stereocenters. The summed E-state index contributed by atoms with van der Waals surface area (Å²) in [6.07, 6.45) is 1.46. The lowest BCUT2D eigenvalue weighted by Gasteiger charge is -2.23. The lowest BCUT2D eigenvalue weighted by Crippen LogP contribution is -2.48. The molecule has 0 aliphatic rings. The topological polar surface area (TPSA) is 75.7 Å². The Morgan fingerprint density at radius 2 is 1.72 bits per heavy atom. The van der Waals surface area contributed by atoms with Crippen molar-refractivity contribution in [2.75, 3.05) is 19.7 Å². The fraction of sp³-hybridized carbons (Fsp3) is 0.909. The van der Waals surface area contributed by atoms with Gasteiger partial charge in [-0.15, -0.1) is 0 Å². The van der Waals surface area contributed by atoms with E-state index in [0.29, 0.717) is 13.1 Å². The van der Waals surface area contributed by atoms with Gasteiger partial charge in [-0.2, -0.15) is 17.4 Å². The van der Waals surface area contributed by atoms with E-state index >= 15 is 0 Å². The van der Waals surface area contributed by atoms with Gasteiger partial charge in [0.05, 0.1) is 6.61 Å². The van der Waals surface area contributed by atoms with Crippen molar-refractivity contribution in [1.29, 1.82) is 0 Å². The number of ether oxygens (including phenoxy) is 1. The maximum absolute atomic E-state index is 12.0. The van der Waals surface area contributed by atoms with Crippen molar-refractivity contribution in [2.45, 2.75) is 46.6 Å². The zero-order valence-electron chi connectivity index (χ0n) is 11.6. The van der Waals surface area contributed by atoms with E-state index in [0.717, 1.165) is 12.8 Å². The monoisotopic (exact) mass is 280 g/mol. The molecule has 0 saturated heterocycles. The van der Waals surface area contributed by atoms with Gasteiger partial charge in [0.15, 0.2) is 0 Å². The van der Waals surface area contributed by atoms with Crippen molar-refractivity contribution < 1.29 is 17.9 Å². The molecule has 0 heterocycles. The summed E-state index contributed by atoms with van der Waals surface area (Å²) < 4.78 is 32.5. The molecule has 0 spiro atoms. The molecule has 18 heavy (non-hydrogen) atoms. The molecule has 0 aliphatic carbocycles. The molecule has 0 fully saturated rings. The molecule has 0 amide bonds. The highest BCUT2D eigenvalue weighted by atomic mass is 32.2. The van der Waals surface area contributed by atoms with E-state index in [2.05, 4.69) is 4.72 Å². The van der Waals surface area contributed by atoms with Crippen LogP contribution in [0.15, 0.2) is 0 Å². The number of hydrogen-bond donors (Lipinski definition) is 1. The fourth-order valence-electron chi connectivity index (χ4n) is 1.46. The summed E-state index contributed by atoms with van der Waals surface area (Å²) in [4.78, 5) is 11.4. The van der Waals surface area contributed by atoms with Crippen LogP contribution in [0.1, 0.15) is 40.5 Å². The van der Waals surface area contributed by atoms with Crippen LogP contribution in [0.25, 0.3) is 0 Å². The van der Waals surface area contributed by atoms with Gasteiger partial charge in [-0.3, -0.25) is 4.79 Å². The van der Waals surface area contributed by atoms with Crippen LogP contribution in [0.4, 0.5) is 0 Å². The third-order valence-electron chi connectivity index (χ3n) is 2.25. The summed E-state index contributed by atoms with van der Waals surface area (Å²) >= 11 is 0. The lowest BCUT2D eigenvalue weighted by atomic mass is 10.4. The maximum atomic E-state index is 12.0. The molecular weight excluding hydrogens is 256 g/mol. The van der Waals surface area contributed by atoms with Crippen LogP contribution in [0.2, 0.25) is 0 Å². The van der Waals surface area contributed by atoms with Crippen molar-refractivity contribution in [1.82, 2.24) is 9.03 Å². The summed E-state index contributed by atoms with van der Waals surface area (Å²) in [6.45, 7) is 8.10. The van der Waals surface area contributed by atoms with E-state index < -0.39 is 22.2 Å².